The second kappa shape index (κ2) is 7.98. The SMILES string of the molecule is CCN(CC(C)C#N)C(=O)COc1ccc2ccccc2c1Br. The van der Waals surface area contributed by atoms with E-state index < -0.39 is 0 Å². The number of carbonyl (C=O) groups excluding carboxylic acids is 1. The smallest absolute Gasteiger partial charge is 0.260 e. The van der Waals surface area contributed by atoms with Crippen molar-refractivity contribution < 1.29 is 9.53 Å². The van der Waals surface area contributed by atoms with Gasteiger partial charge >= 0.3 is 0 Å². The Bertz CT molecular complexity index is 739. The first-order valence-electron chi connectivity index (χ1n) is 7.54. The summed E-state index contributed by atoms with van der Waals surface area (Å²) >= 11 is 3.54. The number of nitrogens with zero attached hydrogens (tertiary/aromatic N) is 2. The van der Waals surface area contributed by atoms with Crippen molar-refractivity contribution in [1.82, 2.24) is 4.90 Å². The standard InChI is InChI=1S/C18H19BrN2O2/c1-3-21(11-13(2)10-20)17(22)12-23-16-9-8-14-6-4-5-7-15(14)18(16)19/h4-9,13H,3,11-12H2,1-2H3. The predicted octanol–water partition coefficient (Wildman–Crippen LogP) is 3.99. The molecule has 0 aromatic heterocycles. The Hall–Kier alpha value is -2.06. The number of fused-ring (bicyclic) bond motifs is 1. The van der Waals surface area contributed by atoms with Crippen LogP contribution in [-0.4, -0.2) is 30.5 Å². The van der Waals surface area contributed by atoms with Crippen LogP contribution in [0.3, 0.4) is 0 Å². The van der Waals surface area contributed by atoms with Gasteiger partial charge in [-0.2, -0.15) is 5.26 Å². The average molecular weight is 375 g/mol. The van der Waals surface area contributed by atoms with Crippen molar-refractivity contribution in [1.29, 1.82) is 5.26 Å². The first kappa shape index (κ1) is 17.3. The topological polar surface area (TPSA) is 53.3 Å². The number of carbonyl (C=O) groups is 1. The summed E-state index contributed by atoms with van der Waals surface area (Å²) in [7, 11) is 0. The van der Waals surface area contributed by atoms with Crippen molar-refractivity contribution in [2.45, 2.75) is 13.8 Å². The van der Waals surface area contributed by atoms with E-state index in [1.54, 1.807) is 11.8 Å². The number of benzene rings is 2. The Balaban J connectivity index is 2.07. The normalized spacial score (nSPS) is 11.7. The lowest BCUT2D eigenvalue weighted by Gasteiger charge is -2.22. The number of hydrogen-bond acceptors (Lipinski definition) is 3. The summed E-state index contributed by atoms with van der Waals surface area (Å²) in [6.45, 7) is 4.65. The highest BCUT2D eigenvalue weighted by Gasteiger charge is 2.16. The van der Waals surface area contributed by atoms with E-state index in [4.69, 9.17) is 10.00 Å². The molecule has 0 aliphatic heterocycles. The van der Waals surface area contributed by atoms with Crippen LogP contribution in [0.5, 0.6) is 5.75 Å². The van der Waals surface area contributed by atoms with Crippen LogP contribution in [-0.2, 0) is 4.79 Å². The fourth-order valence-corrected chi connectivity index (χ4v) is 2.94. The Labute approximate surface area is 144 Å². The molecule has 0 spiro atoms. The highest BCUT2D eigenvalue weighted by Crippen LogP contribution is 2.33. The molecule has 1 atom stereocenters. The second-order valence-corrected chi connectivity index (χ2v) is 6.14. The number of likely N-dealkylation sites (N-methyl/N-ethyl adjacent to an activating group) is 1. The molecule has 1 amide bonds. The van der Waals surface area contributed by atoms with Crippen LogP contribution in [0.4, 0.5) is 0 Å². The van der Waals surface area contributed by atoms with Crippen molar-refractivity contribution >= 4 is 32.6 Å². The molecule has 0 saturated carbocycles. The average Bonchev–Trinajstić information content (AvgIpc) is 2.58. The van der Waals surface area contributed by atoms with Crippen LogP contribution in [0.1, 0.15) is 13.8 Å². The molecule has 23 heavy (non-hydrogen) atoms. The summed E-state index contributed by atoms with van der Waals surface area (Å²) < 4.78 is 6.53. The van der Waals surface area contributed by atoms with Crippen LogP contribution in [0.25, 0.3) is 10.8 Å². The zero-order chi connectivity index (χ0) is 16.8. The molecule has 120 valence electrons. The van der Waals surface area contributed by atoms with Gasteiger partial charge in [-0.25, -0.2) is 0 Å². The molecule has 2 aromatic carbocycles. The van der Waals surface area contributed by atoms with E-state index in [1.807, 2.05) is 43.3 Å². The van der Waals surface area contributed by atoms with Crippen molar-refractivity contribution in [2.24, 2.45) is 5.92 Å². The fourth-order valence-electron chi connectivity index (χ4n) is 2.33. The van der Waals surface area contributed by atoms with E-state index >= 15 is 0 Å². The largest absolute Gasteiger partial charge is 0.483 e. The van der Waals surface area contributed by atoms with E-state index in [1.165, 1.54) is 0 Å². The number of amides is 1. The van der Waals surface area contributed by atoms with Crippen LogP contribution < -0.4 is 4.74 Å². The third-order valence-corrected chi connectivity index (χ3v) is 4.45. The van der Waals surface area contributed by atoms with Gasteiger partial charge in [-0.3, -0.25) is 4.79 Å². The van der Waals surface area contributed by atoms with E-state index in [0.717, 1.165) is 15.2 Å². The summed E-state index contributed by atoms with van der Waals surface area (Å²) in [5, 5.41) is 11.0. The van der Waals surface area contributed by atoms with Crippen LogP contribution in [0, 0.1) is 17.2 Å². The molecule has 1 unspecified atom stereocenters. The van der Waals surface area contributed by atoms with Gasteiger partial charge in [0.15, 0.2) is 6.61 Å². The second-order valence-electron chi connectivity index (χ2n) is 5.35. The van der Waals surface area contributed by atoms with Gasteiger partial charge in [0.05, 0.1) is 16.5 Å². The van der Waals surface area contributed by atoms with Gasteiger partial charge in [-0.1, -0.05) is 30.3 Å². The zero-order valence-corrected chi connectivity index (χ0v) is 14.8. The molecule has 0 aliphatic carbocycles. The van der Waals surface area contributed by atoms with E-state index in [0.29, 0.717) is 18.8 Å². The Morgan fingerprint density at radius 3 is 2.78 bits per heavy atom. The molecule has 5 heteroatoms. The lowest BCUT2D eigenvalue weighted by molar-refractivity contribution is -0.133. The van der Waals surface area contributed by atoms with Crippen molar-refractivity contribution in [3.63, 3.8) is 0 Å². The third kappa shape index (κ3) is 4.23. The van der Waals surface area contributed by atoms with Gasteiger partial charge in [0.25, 0.3) is 5.91 Å². The minimum atomic E-state index is -0.189. The minimum absolute atomic E-state index is 0.0388. The predicted molar refractivity (Wildman–Crippen MR) is 94.2 cm³/mol. The first-order valence-corrected chi connectivity index (χ1v) is 8.33. The van der Waals surface area contributed by atoms with Gasteiger partial charge < -0.3 is 9.64 Å². The van der Waals surface area contributed by atoms with E-state index in [2.05, 4.69) is 22.0 Å². The molecule has 0 radical (unpaired) electrons. The molecule has 2 rings (SSSR count). The van der Waals surface area contributed by atoms with Crippen molar-refractivity contribution in [3.05, 3.63) is 40.9 Å². The molecule has 0 fully saturated rings. The number of ether oxygens (including phenoxy) is 1. The maximum atomic E-state index is 12.3. The maximum Gasteiger partial charge on any atom is 0.260 e. The van der Waals surface area contributed by atoms with Crippen molar-refractivity contribution in [3.8, 4) is 11.8 Å². The Morgan fingerprint density at radius 2 is 2.09 bits per heavy atom. The third-order valence-electron chi connectivity index (χ3n) is 3.63. The number of halogens is 1. The first-order chi connectivity index (χ1) is 11.1. The molecule has 0 aliphatic rings. The van der Waals surface area contributed by atoms with Crippen molar-refractivity contribution in [2.75, 3.05) is 19.7 Å². The monoisotopic (exact) mass is 374 g/mol. The van der Waals surface area contributed by atoms with Gasteiger partial charge in [0, 0.05) is 13.1 Å². The van der Waals surface area contributed by atoms with Gasteiger partial charge in [-0.15, -0.1) is 0 Å². The van der Waals surface area contributed by atoms with Crippen LogP contribution in [0.15, 0.2) is 40.9 Å². The van der Waals surface area contributed by atoms with Gasteiger partial charge in [-0.05, 0) is 46.6 Å². The number of nitriles is 1. The summed E-state index contributed by atoms with van der Waals surface area (Å²) in [5.41, 5.74) is 0. The molecule has 2 aromatic rings. The number of hydrogen-bond donors (Lipinski definition) is 0. The quantitative estimate of drug-likeness (QED) is 0.767. The van der Waals surface area contributed by atoms with E-state index in [-0.39, 0.29) is 18.4 Å². The molecule has 0 bridgehead atoms. The van der Waals surface area contributed by atoms with Gasteiger partial charge in [0.1, 0.15) is 5.75 Å². The zero-order valence-electron chi connectivity index (χ0n) is 13.3. The highest BCUT2D eigenvalue weighted by atomic mass is 79.9. The molecular weight excluding hydrogens is 356 g/mol. The lowest BCUT2D eigenvalue weighted by atomic mass is 10.1. The summed E-state index contributed by atoms with van der Waals surface area (Å²) in [6, 6.07) is 13.9. The van der Waals surface area contributed by atoms with Crippen LogP contribution >= 0.6 is 15.9 Å². The van der Waals surface area contributed by atoms with E-state index in [9.17, 15) is 4.79 Å². The summed E-state index contributed by atoms with van der Waals surface area (Å²) in [6.07, 6.45) is 0. The Morgan fingerprint density at radius 1 is 1.35 bits per heavy atom. The van der Waals surface area contributed by atoms with Gasteiger partial charge in [0.2, 0.25) is 0 Å². The highest BCUT2D eigenvalue weighted by molar-refractivity contribution is 9.10. The lowest BCUT2D eigenvalue weighted by Crippen LogP contribution is -2.37. The molecule has 0 N–H and O–H groups in total. The fraction of sp³-hybridized carbons (Fsp3) is 0.333. The molecular formula is C18H19BrN2O2. The summed E-state index contributed by atoms with van der Waals surface area (Å²) in [4.78, 5) is 13.9. The maximum absolute atomic E-state index is 12.3. The number of rotatable bonds is 6. The van der Waals surface area contributed by atoms with Crippen LogP contribution in [0.2, 0.25) is 0 Å². The Kier molecular flexibility index (Phi) is 6.00. The molecule has 0 heterocycles. The minimum Gasteiger partial charge on any atom is -0.483 e. The molecule has 4 nitrogen and oxygen atoms in total. The molecule has 0 saturated heterocycles. The summed E-state index contributed by atoms with van der Waals surface area (Å²) in [5.74, 6) is 0.336.